The van der Waals surface area contributed by atoms with E-state index in [1.54, 1.807) is 0 Å². The van der Waals surface area contributed by atoms with Gasteiger partial charge in [0.05, 0.1) is 4.83 Å². The minimum absolute atomic E-state index is 0.656. The van der Waals surface area contributed by atoms with E-state index in [0.717, 1.165) is 12.1 Å². The maximum atomic E-state index is 13.1. The molecular weight excluding hydrogens is 292 g/mol. The van der Waals surface area contributed by atoms with Crippen LogP contribution in [0.1, 0.15) is 22.8 Å². The van der Waals surface area contributed by atoms with Crippen LogP contribution in [-0.2, 0) is 6.18 Å². The molecule has 0 aliphatic carbocycles. The molecule has 1 unspecified atom stereocenters. The van der Waals surface area contributed by atoms with E-state index in [1.807, 2.05) is 0 Å². The van der Waals surface area contributed by atoms with E-state index in [4.69, 9.17) is 0 Å². The molecule has 0 aliphatic rings. The standard InChI is InChI=1S/C10H7BrF4O/c1-5(11)9(16)6-3-2-4-7(12)8(6)10(13,14)15/h2-5H,1H3. The Balaban J connectivity index is 3.41. The largest absolute Gasteiger partial charge is 0.419 e. The van der Waals surface area contributed by atoms with Gasteiger partial charge in [0, 0.05) is 5.56 Å². The quantitative estimate of drug-likeness (QED) is 0.461. The summed E-state index contributed by atoms with van der Waals surface area (Å²) in [5.41, 5.74) is -2.16. The molecule has 0 saturated heterocycles. The third-order valence-corrected chi connectivity index (χ3v) is 2.34. The maximum Gasteiger partial charge on any atom is 0.419 e. The minimum atomic E-state index is -4.88. The lowest BCUT2D eigenvalue weighted by molar-refractivity contribution is -0.140. The fourth-order valence-electron chi connectivity index (χ4n) is 1.23. The van der Waals surface area contributed by atoms with Crippen molar-refractivity contribution in [1.29, 1.82) is 0 Å². The second-order valence-corrected chi connectivity index (χ2v) is 4.51. The highest BCUT2D eigenvalue weighted by Crippen LogP contribution is 2.34. The Hall–Kier alpha value is -0.910. The van der Waals surface area contributed by atoms with E-state index in [-0.39, 0.29) is 0 Å². The summed E-state index contributed by atoms with van der Waals surface area (Å²) in [4.78, 5) is 10.7. The number of Topliss-reactive ketones (excluding diaryl/α,β-unsaturated/α-hetero) is 1. The smallest absolute Gasteiger partial charge is 0.293 e. The number of alkyl halides is 4. The second kappa shape index (κ2) is 4.53. The average Bonchev–Trinajstić information content (AvgIpc) is 2.14. The van der Waals surface area contributed by atoms with Gasteiger partial charge in [-0.2, -0.15) is 13.2 Å². The Labute approximate surface area is 97.6 Å². The van der Waals surface area contributed by atoms with Crippen LogP contribution in [0.5, 0.6) is 0 Å². The zero-order valence-corrected chi connectivity index (χ0v) is 9.69. The molecule has 1 nitrogen and oxygen atoms in total. The summed E-state index contributed by atoms with van der Waals surface area (Å²) in [6, 6.07) is 2.72. The molecule has 0 N–H and O–H groups in total. The van der Waals surface area contributed by atoms with Crippen LogP contribution in [0.3, 0.4) is 0 Å². The third-order valence-electron chi connectivity index (χ3n) is 1.92. The van der Waals surface area contributed by atoms with Crippen LogP contribution in [0, 0.1) is 5.82 Å². The summed E-state index contributed by atoms with van der Waals surface area (Å²) >= 11 is 2.86. The molecule has 88 valence electrons. The van der Waals surface area contributed by atoms with Gasteiger partial charge in [-0.05, 0) is 13.0 Å². The van der Waals surface area contributed by atoms with Gasteiger partial charge in [0.25, 0.3) is 0 Å². The van der Waals surface area contributed by atoms with Gasteiger partial charge >= 0.3 is 6.18 Å². The van der Waals surface area contributed by atoms with Crippen molar-refractivity contribution < 1.29 is 22.4 Å². The Morgan fingerprint density at radius 1 is 1.38 bits per heavy atom. The number of halogens is 5. The zero-order chi connectivity index (χ0) is 12.5. The topological polar surface area (TPSA) is 17.1 Å². The van der Waals surface area contributed by atoms with Crippen molar-refractivity contribution in [3.05, 3.63) is 35.1 Å². The van der Waals surface area contributed by atoms with Crippen LogP contribution in [0.25, 0.3) is 0 Å². The van der Waals surface area contributed by atoms with Crippen LogP contribution in [-0.4, -0.2) is 10.6 Å². The van der Waals surface area contributed by atoms with E-state index in [9.17, 15) is 22.4 Å². The summed E-state index contributed by atoms with van der Waals surface area (Å²) < 4.78 is 50.7. The number of hydrogen-bond acceptors (Lipinski definition) is 1. The highest BCUT2D eigenvalue weighted by molar-refractivity contribution is 9.10. The summed E-state index contributed by atoms with van der Waals surface area (Å²) in [5, 5.41) is 0. The first-order chi connectivity index (χ1) is 7.25. The summed E-state index contributed by atoms with van der Waals surface area (Å²) in [5.74, 6) is -2.24. The van der Waals surface area contributed by atoms with Crippen molar-refractivity contribution in [1.82, 2.24) is 0 Å². The molecule has 0 radical (unpaired) electrons. The fraction of sp³-hybridized carbons (Fsp3) is 0.300. The van der Waals surface area contributed by atoms with Gasteiger partial charge in [-0.15, -0.1) is 0 Å². The lowest BCUT2D eigenvalue weighted by Gasteiger charge is -2.13. The molecule has 0 bridgehead atoms. The van der Waals surface area contributed by atoms with Gasteiger partial charge in [-0.1, -0.05) is 28.1 Å². The first kappa shape index (κ1) is 13.2. The van der Waals surface area contributed by atoms with E-state index < -0.39 is 33.7 Å². The van der Waals surface area contributed by atoms with Gasteiger partial charge in [-0.25, -0.2) is 4.39 Å². The summed E-state index contributed by atoms with van der Waals surface area (Å²) in [6.45, 7) is 1.38. The summed E-state index contributed by atoms with van der Waals surface area (Å²) in [6.07, 6.45) is -4.88. The molecule has 0 fully saturated rings. The van der Waals surface area contributed by atoms with Crippen molar-refractivity contribution >= 4 is 21.7 Å². The number of hydrogen-bond donors (Lipinski definition) is 0. The Morgan fingerprint density at radius 3 is 2.38 bits per heavy atom. The second-order valence-electron chi connectivity index (χ2n) is 3.14. The molecule has 1 atom stereocenters. The maximum absolute atomic E-state index is 13.1. The molecule has 16 heavy (non-hydrogen) atoms. The summed E-state index contributed by atoms with van der Waals surface area (Å²) in [7, 11) is 0. The Morgan fingerprint density at radius 2 is 1.94 bits per heavy atom. The number of rotatable bonds is 2. The monoisotopic (exact) mass is 298 g/mol. The number of benzene rings is 1. The van der Waals surface area contributed by atoms with Crippen LogP contribution in [0.2, 0.25) is 0 Å². The molecule has 0 spiro atoms. The Kier molecular flexibility index (Phi) is 3.72. The van der Waals surface area contributed by atoms with Gasteiger partial charge < -0.3 is 0 Å². The van der Waals surface area contributed by atoms with Gasteiger partial charge in [0.2, 0.25) is 0 Å². The molecule has 0 heterocycles. The lowest BCUT2D eigenvalue weighted by Crippen LogP contribution is -2.19. The van der Waals surface area contributed by atoms with Crippen molar-refractivity contribution in [3.63, 3.8) is 0 Å². The van der Waals surface area contributed by atoms with Crippen LogP contribution < -0.4 is 0 Å². The van der Waals surface area contributed by atoms with Gasteiger partial charge in [0.15, 0.2) is 5.78 Å². The molecule has 0 amide bonds. The van der Waals surface area contributed by atoms with E-state index in [2.05, 4.69) is 15.9 Å². The first-order valence-corrected chi connectivity index (χ1v) is 5.20. The predicted molar refractivity (Wildman–Crippen MR) is 54.1 cm³/mol. The normalized spacial score (nSPS) is 13.6. The zero-order valence-electron chi connectivity index (χ0n) is 8.11. The predicted octanol–water partition coefficient (Wildman–Crippen LogP) is 3.81. The third kappa shape index (κ3) is 2.61. The van der Waals surface area contributed by atoms with Crippen LogP contribution >= 0.6 is 15.9 Å². The number of carbonyl (C=O) groups is 1. The molecule has 0 aliphatic heterocycles. The molecule has 1 rings (SSSR count). The SMILES string of the molecule is CC(Br)C(=O)c1cccc(F)c1C(F)(F)F. The Bertz CT molecular complexity index is 412. The first-order valence-electron chi connectivity index (χ1n) is 4.29. The van der Waals surface area contributed by atoms with Crippen molar-refractivity contribution in [2.24, 2.45) is 0 Å². The molecule has 0 aromatic heterocycles. The highest BCUT2D eigenvalue weighted by Gasteiger charge is 2.38. The molecule has 6 heteroatoms. The molecule has 1 aromatic rings. The van der Waals surface area contributed by atoms with Crippen molar-refractivity contribution in [3.8, 4) is 0 Å². The van der Waals surface area contributed by atoms with Gasteiger partial charge in [0.1, 0.15) is 11.4 Å². The van der Waals surface area contributed by atoms with Crippen LogP contribution in [0.15, 0.2) is 18.2 Å². The fourth-order valence-corrected chi connectivity index (χ4v) is 1.48. The lowest BCUT2D eigenvalue weighted by atomic mass is 10.0. The van der Waals surface area contributed by atoms with Gasteiger partial charge in [-0.3, -0.25) is 4.79 Å². The van der Waals surface area contributed by atoms with Crippen LogP contribution in [0.4, 0.5) is 17.6 Å². The van der Waals surface area contributed by atoms with E-state index in [0.29, 0.717) is 6.07 Å². The van der Waals surface area contributed by atoms with E-state index in [1.165, 1.54) is 6.92 Å². The average molecular weight is 299 g/mol. The number of ketones is 1. The minimum Gasteiger partial charge on any atom is -0.293 e. The van der Waals surface area contributed by atoms with E-state index >= 15 is 0 Å². The molecule has 1 aromatic carbocycles. The molecular formula is C10H7BrF4O. The highest BCUT2D eigenvalue weighted by atomic mass is 79.9. The molecule has 0 saturated carbocycles. The van der Waals surface area contributed by atoms with Crippen molar-refractivity contribution in [2.45, 2.75) is 17.9 Å². The number of carbonyl (C=O) groups excluding carboxylic acids is 1. The van der Waals surface area contributed by atoms with Crippen molar-refractivity contribution in [2.75, 3.05) is 0 Å².